The number of hydrogen-bond donors (Lipinski definition) is 0. The number of hydrogen-bond acceptors (Lipinski definition) is 2. The summed E-state index contributed by atoms with van der Waals surface area (Å²) in [6, 6.07) is 59.0. The number of nitrogens with zero attached hydrogens (tertiary/aromatic N) is 2. The van der Waals surface area contributed by atoms with Crippen LogP contribution in [0.15, 0.2) is 175 Å². The quantitative estimate of drug-likeness (QED) is 0.130. The molecule has 0 bridgehead atoms. The lowest BCUT2D eigenvalue weighted by atomic mass is 9.84. The number of para-hydroxylation sites is 1. The second-order valence-corrected chi connectivity index (χ2v) is 13.2. The topological polar surface area (TPSA) is 25.2 Å². The van der Waals surface area contributed by atoms with Gasteiger partial charge in [0.25, 0.3) is 0 Å². The standard InChI is InChI=1S/C49H34N2/c1-32(27-38-15-7-10-18-47(38)50-2)46-26-24-41(31-51-46)37-23-25-44-45(30-37)49(40-22-20-34-12-4-6-14-36(34)29-40)43-17-9-8-16-42(43)48(44)39-21-19-33-11-3-5-13-35(33)28-39/h3-31H,2H2,1H3/b32-27+. The van der Waals surface area contributed by atoms with Gasteiger partial charge in [0.1, 0.15) is 0 Å². The lowest BCUT2D eigenvalue weighted by Gasteiger charge is -2.19. The summed E-state index contributed by atoms with van der Waals surface area (Å²) in [5.74, 6) is 0. The van der Waals surface area contributed by atoms with Crippen molar-refractivity contribution in [2.75, 3.05) is 0 Å². The Morgan fingerprint density at radius 1 is 0.490 bits per heavy atom. The van der Waals surface area contributed by atoms with Gasteiger partial charge in [0.05, 0.1) is 11.4 Å². The Labute approximate surface area is 297 Å². The maximum absolute atomic E-state index is 4.93. The van der Waals surface area contributed by atoms with E-state index in [1.165, 1.54) is 65.3 Å². The Morgan fingerprint density at radius 2 is 1.02 bits per heavy atom. The van der Waals surface area contributed by atoms with Gasteiger partial charge in [-0.3, -0.25) is 9.98 Å². The molecule has 0 N–H and O–H groups in total. The molecule has 8 aromatic carbocycles. The zero-order valence-electron chi connectivity index (χ0n) is 28.3. The molecule has 0 atom stereocenters. The van der Waals surface area contributed by atoms with Gasteiger partial charge in [0, 0.05) is 17.3 Å². The van der Waals surface area contributed by atoms with Crippen molar-refractivity contribution in [3.05, 3.63) is 181 Å². The highest BCUT2D eigenvalue weighted by Crippen LogP contribution is 2.45. The van der Waals surface area contributed by atoms with Crippen molar-refractivity contribution in [2.24, 2.45) is 4.99 Å². The van der Waals surface area contributed by atoms with E-state index in [9.17, 15) is 0 Å². The van der Waals surface area contributed by atoms with Crippen LogP contribution in [0.5, 0.6) is 0 Å². The molecule has 9 aromatic rings. The third-order valence-electron chi connectivity index (χ3n) is 10.1. The molecule has 9 rings (SSSR count). The van der Waals surface area contributed by atoms with Crippen LogP contribution in [0, 0.1) is 0 Å². The minimum Gasteiger partial charge on any atom is -0.264 e. The maximum atomic E-state index is 4.93. The third kappa shape index (κ3) is 5.48. The summed E-state index contributed by atoms with van der Waals surface area (Å²) in [6.07, 6.45) is 4.11. The van der Waals surface area contributed by atoms with Crippen LogP contribution in [-0.2, 0) is 0 Å². The lowest BCUT2D eigenvalue weighted by Crippen LogP contribution is -1.93. The zero-order valence-corrected chi connectivity index (χ0v) is 28.3. The minimum absolute atomic E-state index is 0.863. The van der Waals surface area contributed by atoms with Gasteiger partial charge in [-0.2, -0.15) is 0 Å². The molecule has 2 nitrogen and oxygen atoms in total. The summed E-state index contributed by atoms with van der Waals surface area (Å²) in [5, 5.41) is 9.89. The molecule has 1 aromatic heterocycles. The summed E-state index contributed by atoms with van der Waals surface area (Å²) in [6.45, 7) is 5.82. The number of rotatable bonds is 6. The highest BCUT2D eigenvalue weighted by atomic mass is 14.7. The molecule has 240 valence electrons. The number of allylic oxidation sites excluding steroid dienone is 1. The predicted octanol–water partition coefficient (Wildman–Crippen LogP) is 13.6. The Hall–Kier alpha value is -6.64. The molecule has 0 spiro atoms. The van der Waals surface area contributed by atoms with Gasteiger partial charge < -0.3 is 0 Å². The average Bonchev–Trinajstić information content (AvgIpc) is 3.19. The number of aromatic nitrogens is 1. The Balaban J connectivity index is 1.25. The summed E-state index contributed by atoms with van der Waals surface area (Å²) in [4.78, 5) is 9.11. The molecule has 0 saturated heterocycles. The molecular formula is C49H34N2. The van der Waals surface area contributed by atoms with E-state index in [1.807, 2.05) is 24.4 Å². The first-order valence-electron chi connectivity index (χ1n) is 17.3. The smallest absolute Gasteiger partial charge is 0.0694 e. The summed E-state index contributed by atoms with van der Waals surface area (Å²) in [5.41, 5.74) is 11.0. The van der Waals surface area contributed by atoms with Gasteiger partial charge in [-0.25, -0.2) is 0 Å². The molecule has 0 fully saturated rings. The molecule has 0 aliphatic carbocycles. The number of fused-ring (bicyclic) bond motifs is 4. The van der Waals surface area contributed by atoms with E-state index in [0.717, 1.165) is 33.6 Å². The van der Waals surface area contributed by atoms with Crippen LogP contribution in [0.25, 0.3) is 88.1 Å². The number of aliphatic imine (C=N–C) groups is 1. The Kier molecular flexibility index (Phi) is 7.56. The van der Waals surface area contributed by atoms with E-state index >= 15 is 0 Å². The molecular weight excluding hydrogens is 617 g/mol. The van der Waals surface area contributed by atoms with Crippen LogP contribution in [-0.4, -0.2) is 11.7 Å². The summed E-state index contributed by atoms with van der Waals surface area (Å²) < 4.78 is 0. The molecule has 0 saturated carbocycles. The third-order valence-corrected chi connectivity index (χ3v) is 10.1. The van der Waals surface area contributed by atoms with E-state index in [4.69, 9.17) is 4.98 Å². The van der Waals surface area contributed by atoms with Gasteiger partial charge in [0.2, 0.25) is 0 Å². The minimum atomic E-state index is 0.863. The largest absolute Gasteiger partial charge is 0.264 e. The van der Waals surface area contributed by atoms with Gasteiger partial charge in [0.15, 0.2) is 0 Å². The molecule has 0 unspecified atom stereocenters. The summed E-state index contributed by atoms with van der Waals surface area (Å²) >= 11 is 0. The van der Waals surface area contributed by atoms with E-state index < -0.39 is 0 Å². The maximum Gasteiger partial charge on any atom is 0.0694 e. The number of benzene rings is 8. The van der Waals surface area contributed by atoms with Crippen LogP contribution in [0.2, 0.25) is 0 Å². The fraction of sp³-hybridized carbons (Fsp3) is 0.0204. The SMILES string of the molecule is C=Nc1ccccc1/C=C(\C)c1ccc(-c2ccc3c(-c4ccc5ccccc5c4)c4ccccc4c(-c4ccc5ccccc5c4)c3c2)cn1. The fourth-order valence-corrected chi connectivity index (χ4v) is 7.53. The van der Waals surface area contributed by atoms with E-state index in [0.29, 0.717) is 0 Å². The van der Waals surface area contributed by atoms with Crippen LogP contribution in [0.1, 0.15) is 18.2 Å². The molecule has 0 aliphatic heterocycles. The predicted molar refractivity (Wildman–Crippen MR) is 220 cm³/mol. The Morgan fingerprint density at radius 3 is 1.65 bits per heavy atom. The van der Waals surface area contributed by atoms with Crippen molar-refractivity contribution in [3.8, 4) is 33.4 Å². The molecule has 0 radical (unpaired) electrons. The van der Waals surface area contributed by atoms with Crippen LogP contribution >= 0.6 is 0 Å². The molecule has 0 amide bonds. The van der Waals surface area contributed by atoms with Crippen molar-refractivity contribution < 1.29 is 0 Å². The highest BCUT2D eigenvalue weighted by molar-refractivity contribution is 6.22. The van der Waals surface area contributed by atoms with Crippen LogP contribution in [0.4, 0.5) is 5.69 Å². The van der Waals surface area contributed by atoms with E-state index in [1.54, 1.807) is 0 Å². The highest BCUT2D eigenvalue weighted by Gasteiger charge is 2.18. The fourth-order valence-electron chi connectivity index (χ4n) is 7.53. The van der Waals surface area contributed by atoms with Crippen molar-refractivity contribution in [2.45, 2.75) is 6.92 Å². The first-order valence-corrected chi connectivity index (χ1v) is 17.3. The second kappa shape index (κ2) is 12.7. The van der Waals surface area contributed by atoms with Gasteiger partial charge in [-0.1, -0.05) is 133 Å². The van der Waals surface area contributed by atoms with Crippen molar-refractivity contribution in [3.63, 3.8) is 0 Å². The molecule has 1 heterocycles. The first-order chi connectivity index (χ1) is 25.1. The van der Waals surface area contributed by atoms with Crippen molar-refractivity contribution in [1.29, 1.82) is 0 Å². The summed E-state index contributed by atoms with van der Waals surface area (Å²) in [7, 11) is 0. The Bertz CT molecular complexity index is 2820. The van der Waals surface area contributed by atoms with Crippen molar-refractivity contribution >= 4 is 67.1 Å². The monoisotopic (exact) mass is 650 g/mol. The van der Waals surface area contributed by atoms with Gasteiger partial charge >= 0.3 is 0 Å². The van der Waals surface area contributed by atoms with E-state index in [2.05, 4.69) is 170 Å². The van der Waals surface area contributed by atoms with Gasteiger partial charge in [-0.05, 0) is 127 Å². The van der Waals surface area contributed by atoms with E-state index in [-0.39, 0.29) is 0 Å². The second-order valence-electron chi connectivity index (χ2n) is 13.2. The lowest BCUT2D eigenvalue weighted by molar-refractivity contribution is 1.27. The molecule has 2 heteroatoms. The first kappa shape index (κ1) is 30.4. The van der Waals surface area contributed by atoms with Crippen LogP contribution < -0.4 is 0 Å². The molecule has 51 heavy (non-hydrogen) atoms. The number of pyridine rings is 1. The van der Waals surface area contributed by atoms with Crippen LogP contribution in [0.3, 0.4) is 0 Å². The molecule has 0 aliphatic rings. The average molecular weight is 651 g/mol. The normalized spacial score (nSPS) is 11.8. The zero-order chi connectivity index (χ0) is 34.3. The van der Waals surface area contributed by atoms with Gasteiger partial charge in [-0.15, -0.1) is 0 Å². The van der Waals surface area contributed by atoms with Crippen molar-refractivity contribution in [1.82, 2.24) is 4.98 Å².